The van der Waals surface area contributed by atoms with Gasteiger partial charge in [-0.25, -0.2) is 9.78 Å². The van der Waals surface area contributed by atoms with Crippen molar-refractivity contribution in [3.05, 3.63) is 53.9 Å². The van der Waals surface area contributed by atoms with Crippen molar-refractivity contribution in [2.45, 2.75) is 6.42 Å². The van der Waals surface area contributed by atoms with Crippen molar-refractivity contribution in [1.29, 1.82) is 0 Å². The Morgan fingerprint density at radius 2 is 1.79 bits per heavy atom. The summed E-state index contributed by atoms with van der Waals surface area (Å²) in [6.07, 6.45) is 1.97. The third-order valence-electron chi connectivity index (χ3n) is 2.51. The smallest absolute Gasteiger partial charge is 0.354 e. The minimum absolute atomic E-state index is 0.0226. The van der Waals surface area contributed by atoms with Crippen LogP contribution in [0.15, 0.2) is 42.6 Å². The van der Waals surface area contributed by atoms with E-state index in [-0.39, 0.29) is 12.3 Å². The van der Waals surface area contributed by atoms with E-state index in [4.69, 9.17) is 14.9 Å². The van der Waals surface area contributed by atoms with E-state index in [1.165, 1.54) is 12.3 Å². The molecule has 0 bridgehead atoms. The Kier molecular flexibility index (Phi) is 4.10. The predicted molar refractivity (Wildman–Crippen MR) is 68.5 cm³/mol. The molecule has 98 valence electrons. The summed E-state index contributed by atoms with van der Waals surface area (Å²) in [5.41, 5.74) is 1.000. The van der Waals surface area contributed by atoms with Gasteiger partial charge >= 0.3 is 5.97 Å². The first-order valence-electron chi connectivity index (χ1n) is 5.76. The highest BCUT2D eigenvalue weighted by Gasteiger charge is 2.04. The molecule has 0 fully saturated rings. The van der Waals surface area contributed by atoms with Crippen molar-refractivity contribution in [3.8, 4) is 11.5 Å². The maximum absolute atomic E-state index is 10.6. The zero-order valence-corrected chi connectivity index (χ0v) is 10.1. The molecule has 0 aliphatic rings. The monoisotopic (exact) mass is 259 g/mol. The van der Waals surface area contributed by atoms with Gasteiger partial charge in [0.15, 0.2) is 0 Å². The highest BCUT2D eigenvalue weighted by molar-refractivity contribution is 5.85. The summed E-state index contributed by atoms with van der Waals surface area (Å²) in [6.45, 7) is 0.112. The molecule has 0 amide bonds. The number of carboxylic acids is 1. The van der Waals surface area contributed by atoms with Crippen molar-refractivity contribution in [2.75, 3.05) is 6.61 Å². The minimum Gasteiger partial charge on any atom is -0.477 e. The van der Waals surface area contributed by atoms with Gasteiger partial charge in [-0.3, -0.25) is 0 Å². The van der Waals surface area contributed by atoms with E-state index in [0.717, 1.165) is 5.56 Å². The second-order valence-corrected chi connectivity index (χ2v) is 3.90. The topological polar surface area (TPSA) is 79.7 Å². The molecule has 0 aliphatic carbocycles. The molecular formula is C14H13NO4. The molecule has 1 aromatic carbocycles. The Balaban J connectivity index is 2.06. The Morgan fingerprint density at radius 1 is 1.11 bits per heavy atom. The number of carbonyl (C=O) groups is 1. The molecule has 0 radical (unpaired) electrons. The fraction of sp³-hybridized carbons (Fsp3) is 0.143. The molecule has 2 N–H and O–H groups in total. The minimum atomic E-state index is -1.07. The van der Waals surface area contributed by atoms with Crippen LogP contribution >= 0.6 is 0 Å². The van der Waals surface area contributed by atoms with Crippen LogP contribution in [0.3, 0.4) is 0 Å². The van der Waals surface area contributed by atoms with Crippen LogP contribution in [0.1, 0.15) is 16.1 Å². The van der Waals surface area contributed by atoms with Gasteiger partial charge in [0.2, 0.25) is 0 Å². The predicted octanol–water partition coefficient (Wildman–Crippen LogP) is 2.11. The van der Waals surface area contributed by atoms with Crippen LogP contribution in [0.2, 0.25) is 0 Å². The van der Waals surface area contributed by atoms with Gasteiger partial charge in [-0.15, -0.1) is 0 Å². The molecule has 0 spiro atoms. The number of ether oxygens (including phenoxy) is 1. The molecule has 1 aromatic heterocycles. The summed E-state index contributed by atoms with van der Waals surface area (Å²) in [4.78, 5) is 14.4. The van der Waals surface area contributed by atoms with Gasteiger partial charge in [0.25, 0.3) is 0 Å². The van der Waals surface area contributed by atoms with Gasteiger partial charge in [-0.2, -0.15) is 0 Å². The largest absolute Gasteiger partial charge is 0.477 e. The van der Waals surface area contributed by atoms with Gasteiger partial charge in [0.1, 0.15) is 17.2 Å². The lowest BCUT2D eigenvalue weighted by atomic mass is 10.1. The van der Waals surface area contributed by atoms with E-state index in [9.17, 15) is 4.79 Å². The first-order valence-corrected chi connectivity index (χ1v) is 5.76. The van der Waals surface area contributed by atoms with Gasteiger partial charge < -0.3 is 14.9 Å². The molecule has 1 heterocycles. The number of nitrogens with zero attached hydrogens (tertiary/aromatic N) is 1. The van der Waals surface area contributed by atoms with E-state index in [1.54, 1.807) is 18.2 Å². The van der Waals surface area contributed by atoms with Crippen LogP contribution < -0.4 is 4.74 Å². The molecular weight excluding hydrogens is 246 g/mol. The van der Waals surface area contributed by atoms with E-state index < -0.39 is 5.97 Å². The third kappa shape index (κ3) is 3.53. The number of pyridine rings is 1. The fourth-order valence-electron chi connectivity index (χ4n) is 1.56. The zero-order chi connectivity index (χ0) is 13.7. The first-order chi connectivity index (χ1) is 9.19. The molecule has 0 saturated heterocycles. The van der Waals surface area contributed by atoms with Gasteiger partial charge in [0, 0.05) is 6.61 Å². The highest BCUT2D eigenvalue weighted by atomic mass is 16.5. The zero-order valence-electron chi connectivity index (χ0n) is 10.1. The average Bonchev–Trinajstić information content (AvgIpc) is 2.42. The lowest BCUT2D eigenvalue weighted by Gasteiger charge is -2.06. The number of aromatic nitrogens is 1. The number of carboxylic acid groups (broad SMARTS) is 1. The Bertz CT molecular complexity index is 549. The molecule has 19 heavy (non-hydrogen) atoms. The molecule has 2 rings (SSSR count). The van der Waals surface area contributed by atoms with E-state index in [2.05, 4.69) is 4.98 Å². The molecule has 5 nitrogen and oxygen atoms in total. The van der Waals surface area contributed by atoms with E-state index >= 15 is 0 Å². The van der Waals surface area contributed by atoms with Crippen LogP contribution in [0, 0.1) is 0 Å². The fourth-order valence-corrected chi connectivity index (χ4v) is 1.56. The lowest BCUT2D eigenvalue weighted by Crippen LogP contribution is -1.99. The average molecular weight is 259 g/mol. The summed E-state index contributed by atoms with van der Waals surface area (Å²) in [7, 11) is 0. The maximum atomic E-state index is 10.6. The molecule has 0 unspecified atom stereocenters. The number of benzene rings is 1. The van der Waals surface area contributed by atoms with Crippen LogP contribution in [0.25, 0.3) is 0 Å². The second kappa shape index (κ2) is 5.97. The summed E-state index contributed by atoms with van der Waals surface area (Å²) in [5, 5.41) is 17.5. The number of aliphatic hydroxyl groups is 1. The molecule has 5 heteroatoms. The number of hydrogen-bond acceptors (Lipinski definition) is 4. The number of hydrogen-bond donors (Lipinski definition) is 2. The standard InChI is InChI=1S/C14H13NO4/c16-8-7-10-1-3-11(4-2-10)19-12-5-6-13(14(17)18)15-9-12/h1-6,9,16H,7-8H2,(H,17,18). The Hall–Kier alpha value is -2.40. The van der Waals surface area contributed by atoms with Crippen molar-refractivity contribution in [3.63, 3.8) is 0 Å². The summed E-state index contributed by atoms with van der Waals surface area (Å²) < 4.78 is 5.53. The third-order valence-corrected chi connectivity index (χ3v) is 2.51. The van der Waals surface area contributed by atoms with E-state index in [0.29, 0.717) is 17.9 Å². The van der Waals surface area contributed by atoms with Gasteiger partial charge in [-0.1, -0.05) is 12.1 Å². The van der Waals surface area contributed by atoms with Crippen LogP contribution in [-0.2, 0) is 6.42 Å². The number of aliphatic hydroxyl groups excluding tert-OH is 1. The molecule has 0 saturated carbocycles. The maximum Gasteiger partial charge on any atom is 0.354 e. The normalized spacial score (nSPS) is 10.2. The van der Waals surface area contributed by atoms with E-state index in [1.807, 2.05) is 12.1 Å². The highest BCUT2D eigenvalue weighted by Crippen LogP contribution is 2.21. The van der Waals surface area contributed by atoms with Crippen LogP contribution in [-0.4, -0.2) is 27.8 Å². The van der Waals surface area contributed by atoms with Gasteiger partial charge in [0.05, 0.1) is 6.20 Å². The Morgan fingerprint density at radius 3 is 2.32 bits per heavy atom. The summed E-state index contributed by atoms with van der Waals surface area (Å²) in [6, 6.07) is 10.2. The van der Waals surface area contributed by atoms with Crippen molar-refractivity contribution in [2.24, 2.45) is 0 Å². The van der Waals surface area contributed by atoms with Crippen molar-refractivity contribution in [1.82, 2.24) is 4.98 Å². The van der Waals surface area contributed by atoms with Crippen molar-refractivity contribution < 1.29 is 19.7 Å². The number of rotatable bonds is 5. The molecule has 0 atom stereocenters. The molecule has 2 aromatic rings. The second-order valence-electron chi connectivity index (χ2n) is 3.90. The summed E-state index contributed by atoms with van der Waals surface area (Å²) >= 11 is 0. The number of aromatic carboxylic acids is 1. The van der Waals surface area contributed by atoms with Crippen molar-refractivity contribution >= 4 is 5.97 Å². The lowest BCUT2D eigenvalue weighted by molar-refractivity contribution is 0.0690. The Labute approximate surface area is 110 Å². The SMILES string of the molecule is O=C(O)c1ccc(Oc2ccc(CCO)cc2)cn1. The first kappa shape index (κ1) is 13.0. The van der Waals surface area contributed by atoms with Crippen LogP contribution in [0.4, 0.5) is 0 Å². The van der Waals surface area contributed by atoms with Gasteiger partial charge in [-0.05, 0) is 36.2 Å². The quantitative estimate of drug-likeness (QED) is 0.859. The van der Waals surface area contributed by atoms with Crippen LogP contribution in [0.5, 0.6) is 11.5 Å². The summed E-state index contributed by atoms with van der Waals surface area (Å²) in [5.74, 6) is 0.0337. The molecule has 0 aliphatic heterocycles.